The highest BCUT2D eigenvalue weighted by Gasteiger charge is 2.18. The van der Waals surface area contributed by atoms with Crippen molar-refractivity contribution in [2.75, 3.05) is 19.0 Å². The van der Waals surface area contributed by atoms with Gasteiger partial charge < -0.3 is 14.8 Å². The molecule has 0 aliphatic rings. The number of hydrogen-bond donors (Lipinski definition) is 1. The largest absolute Gasteiger partial charge is 0.496 e. The molecule has 0 bridgehead atoms. The second-order valence-electron chi connectivity index (χ2n) is 6.26. The summed E-state index contributed by atoms with van der Waals surface area (Å²) in [5, 5.41) is 6.94. The molecule has 0 aliphatic carbocycles. The van der Waals surface area contributed by atoms with Gasteiger partial charge in [-0.15, -0.1) is 0 Å². The number of benzene rings is 1. The van der Waals surface area contributed by atoms with Gasteiger partial charge in [0.2, 0.25) is 5.91 Å². The number of nitrogens with one attached hydrogen (secondary N) is 1. The van der Waals surface area contributed by atoms with Crippen LogP contribution in [-0.4, -0.2) is 40.4 Å². The van der Waals surface area contributed by atoms with Crippen molar-refractivity contribution in [2.24, 2.45) is 0 Å². The minimum absolute atomic E-state index is 0.204. The molecular formula is C20H19FN4O5S. The number of rotatable bonds is 7. The lowest BCUT2D eigenvalue weighted by molar-refractivity contribution is -0.117. The van der Waals surface area contributed by atoms with Gasteiger partial charge in [0, 0.05) is 17.7 Å². The summed E-state index contributed by atoms with van der Waals surface area (Å²) in [5.74, 6) is -1.31. The Morgan fingerprint density at radius 1 is 1.26 bits per heavy atom. The first-order valence-electron chi connectivity index (χ1n) is 9.18. The Hall–Kier alpha value is -3.60. The molecule has 1 amide bonds. The first-order valence-corrected chi connectivity index (χ1v) is 10.0. The van der Waals surface area contributed by atoms with Crippen LogP contribution in [0.15, 0.2) is 35.1 Å². The fourth-order valence-corrected chi connectivity index (χ4v) is 3.59. The minimum Gasteiger partial charge on any atom is -0.496 e. The first kappa shape index (κ1) is 22.1. The molecule has 0 saturated heterocycles. The van der Waals surface area contributed by atoms with Crippen LogP contribution in [0.3, 0.4) is 0 Å². The molecule has 1 N–H and O–H groups in total. The van der Waals surface area contributed by atoms with Crippen LogP contribution < -0.4 is 15.6 Å². The van der Waals surface area contributed by atoms with E-state index >= 15 is 0 Å². The molecule has 2 heterocycles. The van der Waals surface area contributed by atoms with Gasteiger partial charge in [-0.2, -0.15) is 5.10 Å². The molecule has 2 aromatic heterocycles. The Bertz CT molecular complexity index is 1190. The van der Waals surface area contributed by atoms with Crippen LogP contribution in [0.2, 0.25) is 0 Å². The number of aromatic nitrogens is 3. The number of methoxy groups -OCH3 is 1. The quantitative estimate of drug-likeness (QED) is 0.555. The van der Waals surface area contributed by atoms with Gasteiger partial charge in [-0.3, -0.25) is 9.59 Å². The molecule has 0 unspecified atom stereocenters. The third-order valence-electron chi connectivity index (χ3n) is 4.10. The molecule has 0 atom stereocenters. The molecule has 162 valence electrons. The average molecular weight is 446 g/mol. The zero-order valence-electron chi connectivity index (χ0n) is 17.0. The number of aryl methyl sites for hydroxylation is 1. The van der Waals surface area contributed by atoms with Crippen molar-refractivity contribution >= 4 is 28.3 Å². The zero-order valence-corrected chi connectivity index (χ0v) is 17.8. The van der Waals surface area contributed by atoms with Gasteiger partial charge in [0.05, 0.1) is 25.1 Å². The van der Waals surface area contributed by atoms with Crippen LogP contribution in [0.1, 0.15) is 22.3 Å². The van der Waals surface area contributed by atoms with Crippen molar-refractivity contribution in [1.82, 2.24) is 14.8 Å². The van der Waals surface area contributed by atoms with E-state index in [9.17, 15) is 18.8 Å². The van der Waals surface area contributed by atoms with E-state index in [1.165, 1.54) is 37.4 Å². The molecule has 0 radical (unpaired) electrons. The van der Waals surface area contributed by atoms with Crippen molar-refractivity contribution in [1.29, 1.82) is 0 Å². The summed E-state index contributed by atoms with van der Waals surface area (Å²) in [6, 6.07) is 6.63. The van der Waals surface area contributed by atoms with Gasteiger partial charge in [-0.05, 0) is 32.0 Å². The van der Waals surface area contributed by atoms with Crippen LogP contribution in [0, 0.1) is 12.7 Å². The van der Waals surface area contributed by atoms with Crippen molar-refractivity contribution in [3.8, 4) is 17.0 Å². The Balaban J connectivity index is 1.80. The molecule has 11 heteroatoms. The molecule has 3 aromatic rings. The second-order valence-corrected chi connectivity index (χ2v) is 7.26. The van der Waals surface area contributed by atoms with E-state index in [0.717, 1.165) is 16.0 Å². The minimum atomic E-state index is -0.554. The van der Waals surface area contributed by atoms with Crippen molar-refractivity contribution < 1.29 is 23.5 Å². The number of amides is 1. The van der Waals surface area contributed by atoms with E-state index in [0.29, 0.717) is 17.0 Å². The number of nitrogens with zero attached hydrogens (tertiary/aromatic N) is 3. The highest BCUT2D eigenvalue weighted by molar-refractivity contribution is 7.17. The third kappa shape index (κ3) is 5.12. The lowest BCUT2D eigenvalue weighted by Crippen LogP contribution is -2.29. The smallest absolute Gasteiger partial charge is 0.350 e. The molecule has 0 aliphatic heterocycles. The number of ether oxygens (including phenoxy) is 2. The number of esters is 1. The maximum atomic E-state index is 13.5. The zero-order chi connectivity index (χ0) is 22.5. The predicted molar refractivity (Wildman–Crippen MR) is 112 cm³/mol. The maximum absolute atomic E-state index is 13.5. The summed E-state index contributed by atoms with van der Waals surface area (Å²) in [6.07, 6.45) is 0. The Morgan fingerprint density at radius 3 is 2.74 bits per heavy atom. The van der Waals surface area contributed by atoms with Crippen LogP contribution in [-0.2, 0) is 16.1 Å². The number of carbonyl (C=O) groups is 2. The fourth-order valence-electron chi connectivity index (χ4n) is 2.71. The summed E-state index contributed by atoms with van der Waals surface area (Å²) < 4.78 is 24.5. The fraction of sp³-hybridized carbons (Fsp3) is 0.250. The maximum Gasteiger partial charge on any atom is 0.350 e. The summed E-state index contributed by atoms with van der Waals surface area (Å²) in [4.78, 5) is 40.9. The predicted octanol–water partition coefficient (Wildman–Crippen LogP) is 2.64. The Morgan fingerprint density at radius 2 is 2.03 bits per heavy atom. The number of halogens is 1. The van der Waals surface area contributed by atoms with Crippen molar-refractivity contribution in [2.45, 2.75) is 20.4 Å². The number of hydrogen-bond acceptors (Lipinski definition) is 8. The van der Waals surface area contributed by atoms with E-state index in [1.807, 2.05) is 0 Å². The standard InChI is InChI=1S/C20H19FN4O5S/c1-4-30-19(28)18-11(2)22-20(31-18)23-16(26)10-25-17(27)8-7-14(24-25)13-6-5-12(21)9-15(13)29-3/h5-9H,4,10H2,1-3H3,(H,22,23,26). The lowest BCUT2D eigenvalue weighted by Gasteiger charge is -2.10. The van der Waals surface area contributed by atoms with Crippen LogP contribution in [0.4, 0.5) is 9.52 Å². The Kier molecular flexibility index (Phi) is 6.75. The molecule has 1 aromatic carbocycles. The summed E-state index contributed by atoms with van der Waals surface area (Å²) in [5.41, 5.74) is 0.730. The van der Waals surface area contributed by atoms with E-state index in [4.69, 9.17) is 9.47 Å². The van der Waals surface area contributed by atoms with Crippen LogP contribution in [0.5, 0.6) is 5.75 Å². The lowest BCUT2D eigenvalue weighted by atomic mass is 10.1. The molecule has 31 heavy (non-hydrogen) atoms. The average Bonchev–Trinajstić information content (AvgIpc) is 3.09. The van der Waals surface area contributed by atoms with Crippen LogP contribution in [0.25, 0.3) is 11.3 Å². The molecule has 3 rings (SSSR count). The first-order chi connectivity index (χ1) is 14.8. The normalized spacial score (nSPS) is 10.6. The van der Waals surface area contributed by atoms with E-state index in [2.05, 4.69) is 15.4 Å². The topological polar surface area (TPSA) is 112 Å². The number of anilines is 1. The highest BCUT2D eigenvalue weighted by Crippen LogP contribution is 2.28. The number of carbonyl (C=O) groups excluding carboxylic acids is 2. The van der Waals surface area contributed by atoms with Gasteiger partial charge in [0.25, 0.3) is 5.56 Å². The Labute approximate surface area is 180 Å². The molecule has 0 saturated carbocycles. The van der Waals surface area contributed by atoms with Gasteiger partial charge in [0.1, 0.15) is 23.0 Å². The van der Waals surface area contributed by atoms with Gasteiger partial charge >= 0.3 is 5.97 Å². The van der Waals surface area contributed by atoms with Crippen LogP contribution >= 0.6 is 11.3 Å². The second kappa shape index (κ2) is 9.47. The highest BCUT2D eigenvalue weighted by atomic mass is 32.1. The molecule has 0 spiro atoms. The third-order valence-corrected chi connectivity index (χ3v) is 5.16. The molecular weight excluding hydrogens is 427 g/mol. The van der Waals surface area contributed by atoms with Gasteiger partial charge in [0.15, 0.2) is 5.13 Å². The summed E-state index contributed by atoms with van der Waals surface area (Å²) >= 11 is 0.980. The van der Waals surface area contributed by atoms with E-state index in [1.54, 1.807) is 13.8 Å². The van der Waals surface area contributed by atoms with E-state index < -0.39 is 23.3 Å². The molecule has 0 fully saturated rings. The number of thiazole rings is 1. The monoisotopic (exact) mass is 446 g/mol. The van der Waals surface area contributed by atoms with Crippen molar-refractivity contribution in [3.05, 3.63) is 57.1 Å². The van der Waals surface area contributed by atoms with Crippen molar-refractivity contribution in [3.63, 3.8) is 0 Å². The van der Waals surface area contributed by atoms with E-state index in [-0.39, 0.29) is 28.9 Å². The molecule has 9 nitrogen and oxygen atoms in total. The van der Waals surface area contributed by atoms with Gasteiger partial charge in [-0.25, -0.2) is 18.9 Å². The summed E-state index contributed by atoms with van der Waals surface area (Å²) in [6.45, 7) is 3.16. The SMILES string of the molecule is CCOC(=O)c1sc(NC(=O)Cn2nc(-c3ccc(F)cc3OC)ccc2=O)nc1C. The summed E-state index contributed by atoms with van der Waals surface area (Å²) in [7, 11) is 1.39. The van der Waals surface area contributed by atoms with Gasteiger partial charge in [-0.1, -0.05) is 11.3 Å².